The van der Waals surface area contributed by atoms with E-state index in [0.29, 0.717) is 11.1 Å². The van der Waals surface area contributed by atoms with Crippen LogP contribution in [0.1, 0.15) is 24.0 Å². The van der Waals surface area contributed by atoms with Crippen LogP contribution in [0.3, 0.4) is 0 Å². The van der Waals surface area contributed by atoms with Crippen molar-refractivity contribution in [3.05, 3.63) is 53.6 Å². The van der Waals surface area contributed by atoms with Crippen LogP contribution in [0, 0.1) is 0 Å². The molecule has 1 amide bonds. The molecule has 1 heterocycles. The molecule has 0 spiro atoms. The second kappa shape index (κ2) is 9.47. The van der Waals surface area contributed by atoms with Crippen molar-refractivity contribution in [2.75, 3.05) is 20.2 Å². The number of nitrogens with zero attached hydrogens (tertiary/aromatic N) is 1. The van der Waals surface area contributed by atoms with E-state index in [1.165, 1.54) is 13.2 Å². The summed E-state index contributed by atoms with van der Waals surface area (Å²) in [5.41, 5.74) is 0.107. The number of carbonyl (C=O) groups excluding carboxylic acids is 1. The molecule has 32 heavy (non-hydrogen) atoms. The highest BCUT2D eigenvalue weighted by molar-refractivity contribution is 7.89. The molecular formula is C21H22F3N2O5S-. The summed E-state index contributed by atoms with van der Waals surface area (Å²) in [6.45, 7) is 0.261. The van der Waals surface area contributed by atoms with Crippen LogP contribution in [0.2, 0.25) is 0 Å². The van der Waals surface area contributed by atoms with Gasteiger partial charge in [-0.05, 0) is 41.7 Å². The van der Waals surface area contributed by atoms with E-state index in [4.69, 9.17) is 4.74 Å². The van der Waals surface area contributed by atoms with Crippen LogP contribution in [0.15, 0.2) is 47.4 Å². The number of hydrogen-bond donors (Lipinski definition) is 1. The molecule has 0 saturated carbocycles. The summed E-state index contributed by atoms with van der Waals surface area (Å²) in [6, 6.07) is 9.18. The van der Waals surface area contributed by atoms with Gasteiger partial charge in [-0.25, -0.2) is 13.1 Å². The van der Waals surface area contributed by atoms with Gasteiger partial charge in [0, 0.05) is 26.2 Å². The fourth-order valence-corrected chi connectivity index (χ4v) is 5.21. The van der Waals surface area contributed by atoms with Gasteiger partial charge in [-0.2, -0.15) is 13.2 Å². The Bertz CT molecular complexity index is 1080. The Kier molecular flexibility index (Phi) is 7.11. The quantitative estimate of drug-likeness (QED) is 0.698. The first kappa shape index (κ1) is 24.0. The third-order valence-corrected chi connectivity index (χ3v) is 6.86. The number of sulfonamides is 1. The molecule has 0 bridgehead atoms. The SMILES string of the molecule is COCc1ccccc1-c1ccc(S(=O)(=O)NC2CCN(C(=O)[O-])CC2)c(C(F)(F)F)c1. The van der Waals surface area contributed by atoms with E-state index < -0.39 is 38.8 Å². The van der Waals surface area contributed by atoms with Gasteiger partial charge in [-0.1, -0.05) is 30.3 Å². The third-order valence-electron chi connectivity index (χ3n) is 5.28. The van der Waals surface area contributed by atoms with Crippen LogP contribution in [0.25, 0.3) is 11.1 Å². The first-order valence-electron chi connectivity index (χ1n) is 9.79. The van der Waals surface area contributed by atoms with E-state index in [-0.39, 0.29) is 38.1 Å². The topological polar surface area (TPSA) is 98.8 Å². The smallest absolute Gasteiger partial charge is 0.417 e. The molecule has 1 saturated heterocycles. The van der Waals surface area contributed by atoms with E-state index in [2.05, 4.69) is 4.72 Å². The average Bonchev–Trinajstić information content (AvgIpc) is 2.73. The van der Waals surface area contributed by atoms with Crippen molar-refractivity contribution in [3.8, 4) is 11.1 Å². The highest BCUT2D eigenvalue weighted by Gasteiger charge is 2.38. The minimum atomic E-state index is -4.91. The number of nitrogens with one attached hydrogen (secondary N) is 1. The van der Waals surface area contributed by atoms with Crippen LogP contribution in [0.5, 0.6) is 0 Å². The second-order valence-electron chi connectivity index (χ2n) is 7.45. The zero-order valence-electron chi connectivity index (χ0n) is 17.2. The number of likely N-dealkylation sites (tertiary alicyclic amines) is 1. The number of alkyl halides is 3. The highest BCUT2D eigenvalue weighted by Crippen LogP contribution is 2.38. The second-order valence-corrected chi connectivity index (χ2v) is 9.13. The summed E-state index contributed by atoms with van der Waals surface area (Å²) in [7, 11) is -3.04. The Hall–Kier alpha value is -2.63. The molecule has 1 N–H and O–H groups in total. The minimum absolute atomic E-state index is 0.0386. The molecule has 0 aliphatic carbocycles. The number of methoxy groups -OCH3 is 1. The number of ether oxygens (including phenoxy) is 1. The molecule has 0 aromatic heterocycles. The van der Waals surface area contributed by atoms with Crippen molar-refractivity contribution in [2.45, 2.75) is 36.6 Å². The van der Waals surface area contributed by atoms with Crippen molar-refractivity contribution in [1.29, 1.82) is 0 Å². The number of benzene rings is 2. The fraction of sp³-hybridized carbons (Fsp3) is 0.381. The van der Waals surface area contributed by atoms with Crippen LogP contribution in [-0.4, -0.2) is 45.7 Å². The molecule has 2 aromatic rings. The van der Waals surface area contributed by atoms with Crippen LogP contribution in [-0.2, 0) is 27.5 Å². The van der Waals surface area contributed by atoms with Crippen LogP contribution < -0.4 is 9.83 Å². The Labute approximate surface area is 183 Å². The van der Waals surface area contributed by atoms with Crippen LogP contribution in [0.4, 0.5) is 18.0 Å². The molecule has 7 nitrogen and oxygen atoms in total. The number of halogens is 3. The summed E-state index contributed by atoms with van der Waals surface area (Å²) in [5, 5.41) is 10.9. The lowest BCUT2D eigenvalue weighted by Crippen LogP contribution is -2.50. The number of hydrogen-bond acceptors (Lipinski definition) is 5. The highest BCUT2D eigenvalue weighted by atomic mass is 32.2. The summed E-state index contributed by atoms with van der Waals surface area (Å²) >= 11 is 0. The maximum absolute atomic E-state index is 13.8. The zero-order chi connectivity index (χ0) is 23.5. The molecule has 1 aliphatic rings. The molecule has 0 atom stereocenters. The van der Waals surface area contributed by atoms with Crippen LogP contribution >= 0.6 is 0 Å². The predicted molar refractivity (Wildman–Crippen MR) is 108 cm³/mol. The average molecular weight is 471 g/mol. The number of carbonyl (C=O) groups is 1. The summed E-state index contributed by atoms with van der Waals surface area (Å²) in [5.74, 6) is 0. The summed E-state index contributed by atoms with van der Waals surface area (Å²) in [4.78, 5) is 11.0. The van der Waals surface area contributed by atoms with Crippen molar-refractivity contribution in [3.63, 3.8) is 0 Å². The lowest BCUT2D eigenvalue weighted by atomic mass is 9.98. The molecule has 1 aliphatic heterocycles. The monoisotopic (exact) mass is 471 g/mol. The Morgan fingerprint density at radius 2 is 1.84 bits per heavy atom. The zero-order valence-corrected chi connectivity index (χ0v) is 18.0. The summed E-state index contributed by atoms with van der Waals surface area (Å²) < 4.78 is 74.6. The normalized spacial score (nSPS) is 15.7. The van der Waals surface area contributed by atoms with Crippen molar-refractivity contribution < 1.29 is 36.2 Å². The van der Waals surface area contributed by atoms with Gasteiger partial charge >= 0.3 is 6.18 Å². The standard InChI is InChI=1S/C21H23F3N2O5S/c1-31-13-15-4-2-3-5-17(15)14-6-7-19(18(12-14)21(22,23)24)32(29,30)25-16-8-10-26(11-9-16)20(27)28/h2-7,12,16,25H,8-11,13H2,1H3,(H,27,28)/p-1. The van der Waals surface area contributed by atoms with Gasteiger partial charge in [0.05, 0.1) is 17.1 Å². The maximum atomic E-state index is 13.8. The fourth-order valence-electron chi connectivity index (χ4n) is 3.70. The predicted octanol–water partition coefficient (Wildman–Crippen LogP) is 2.60. The van der Waals surface area contributed by atoms with Gasteiger partial charge in [0.1, 0.15) is 6.09 Å². The molecule has 0 unspecified atom stereocenters. The van der Waals surface area contributed by atoms with E-state index >= 15 is 0 Å². The Morgan fingerprint density at radius 3 is 2.44 bits per heavy atom. The van der Waals surface area contributed by atoms with Gasteiger partial charge in [-0.3, -0.25) is 0 Å². The van der Waals surface area contributed by atoms with Gasteiger partial charge < -0.3 is 19.5 Å². The molecule has 174 valence electrons. The molecule has 0 radical (unpaired) electrons. The van der Waals surface area contributed by atoms with Gasteiger partial charge in [0.2, 0.25) is 10.0 Å². The molecule has 2 aromatic carbocycles. The Morgan fingerprint density at radius 1 is 1.19 bits per heavy atom. The van der Waals surface area contributed by atoms with Gasteiger partial charge in [-0.15, -0.1) is 0 Å². The van der Waals surface area contributed by atoms with Crippen molar-refractivity contribution >= 4 is 16.1 Å². The van der Waals surface area contributed by atoms with Gasteiger partial charge in [0.15, 0.2) is 0 Å². The van der Waals surface area contributed by atoms with E-state index in [1.54, 1.807) is 24.3 Å². The van der Waals surface area contributed by atoms with Crippen molar-refractivity contribution in [1.82, 2.24) is 9.62 Å². The van der Waals surface area contributed by atoms with Crippen molar-refractivity contribution in [2.24, 2.45) is 0 Å². The number of carboxylic acid groups (broad SMARTS) is 1. The van der Waals surface area contributed by atoms with E-state index in [0.717, 1.165) is 17.0 Å². The number of rotatable bonds is 6. The maximum Gasteiger partial charge on any atom is 0.417 e. The molecular weight excluding hydrogens is 449 g/mol. The Balaban J connectivity index is 1.94. The van der Waals surface area contributed by atoms with E-state index in [1.807, 2.05) is 0 Å². The molecule has 1 fully saturated rings. The lowest BCUT2D eigenvalue weighted by molar-refractivity contribution is -0.266. The third kappa shape index (κ3) is 5.40. The van der Waals surface area contributed by atoms with E-state index in [9.17, 15) is 31.5 Å². The molecule has 3 rings (SSSR count). The summed E-state index contributed by atoms with van der Waals surface area (Å²) in [6.07, 6.45) is -6.00. The molecule has 11 heteroatoms. The number of piperidine rings is 1. The first-order valence-corrected chi connectivity index (χ1v) is 11.3. The first-order chi connectivity index (χ1) is 15.0. The largest absolute Gasteiger partial charge is 0.530 e. The minimum Gasteiger partial charge on any atom is -0.530 e. The number of amides is 1. The lowest BCUT2D eigenvalue weighted by Gasteiger charge is -2.33. The van der Waals surface area contributed by atoms with Gasteiger partial charge in [0.25, 0.3) is 0 Å².